The van der Waals surface area contributed by atoms with Gasteiger partial charge in [-0.05, 0) is 37.6 Å². The van der Waals surface area contributed by atoms with E-state index in [-0.39, 0.29) is 11.9 Å². The summed E-state index contributed by atoms with van der Waals surface area (Å²) in [5.41, 5.74) is 1.82. The fraction of sp³-hybridized carbons (Fsp3) is 0.556. The van der Waals surface area contributed by atoms with Crippen LogP contribution in [0.5, 0.6) is 0 Å². The van der Waals surface area contributed by atoms with Crippen molar-refractivity contribution >= 4 is 17.6 Å². The zero-order chi connectivity index (χ0) is 17.5. The van der Waals surface area contributed by atoms with Gasteiger partial charge in [-0.25, -0.2) is 4.79 Å². The first-order chi connectivity index (χ1) is 11.6. The first-order valence-corrected chi connectivity index (χ1v) is 8.70. The number of carbonyl (C=O) groups is 2. The molecule has 132 valence electrons. The zero-order valence-electron chi connectivity index (χ0n) is 14.9. The van der Waals surface area contributed by atoms with E-state index in [1.807, 2.05) is 36.1 Å². The van der Waals surface area contributed by atoms with E-state index in [0.717, 1.165) is 18.7 Å². The quantitative estimate of drug-likeness (QED) is 0.897. The lowest BCUT2D eigenvalue weighted by atomic mass is 10.1. The maximum absolute atomic E-state index is 12.6. The van der Waals surface area contributed by atoms with Crippen LogP contribution in [0.4, 0.5) is 10.5 Å². The molecule has 1 heterocycles. The Balaban J connectivity index is 1.92. The third-order valence-electron chi connectivity index (χ3n) is 4.30. The van der Waals surface area contributed by atoms with Gasteiger partial charge in [-0.3, -0.25) is 4.79 Å². The van der Waals surface area contributed by atoms with Gasteiger partial charge < -0.3 is 20.0 Å². The topological polar surface area (TPSA) is 55.9 Å². The minimum absolute atomic E-state index is 0.0373. The van der Waals surface area contributed by atoms with Gasteiger partial charge in [-0.15, -0.1) is 0 Å². The highest BCUT2D eigenvalue weighted by atomic mass is 16.2. The van der Waals surface area contributed by atoms with Crippen LogP contribution in [-0.2, 0) is 0 Å². The largest absolute Gasteiger partial charge is 0.375 e. The number of anilines is 1. The molecule has 6 heteroatoms. The van der Waals surface area contributed by atoms with Crippen LogP contribution in [0.2, 0.25) is 0 Å². The molecule has 1 aliphatic rings. The van der Waals surface area contributed by atoms with Crippen LogP contribution in [0.1, 0.15) is 30.6 Å². The van der Waals surface area contributed by atoms with Gasteiger partial charge in [0.25, 0.3) is 5.91 Å². The van der Waals surface area contributed by atoms with E-state index in [1.54, 1.807) is 4.90 Å². The number of carbonyl (C=O) groups excluding carboxylic acids is 2. The number of hydrogen-bond acceptors (Lipinski definition) is 3. The summed E-state index contributed by atoms with van der Waals surface area (Å²) in [5, 5.41) is 2.80. The number of nitrogens with zero attached hydrogens (tertiary/aromatic N) is 3. The number of hydrogen-bond donors (Lipinski definition) is 1. The van der Waals surface area contributed by atoms with Crippen molar-refractivity contribution in [2.75, 3.05) is 51.2 Å². The molecule has 2 rings (SSSR count). The van der Waals surface area contributed by atoms with E-state index in [0.29, 0.717) is 38.3 Å². The molecule has 1 aromatic rings. The highest BCUT2D eigenvalue weighted by molar-refractivity contribution is 5.94. The molecule has 3 amide bonds. The van der Waals surface area contributed by atoms with E-state index in [1.165, 1.54) is 0 Å². The van der Waals surface area contributed by atoms with Crippen LogP contribution < -0.4 is 10.2 Å². The van der Waals surface area contributed by atoms with Crippen molar-refractivity contribution in [1.29, 1.82) is 0 Å². The van der Waals surface area contributed by atoms with Crippen molar-refractivity contribution in [3.63, 3.8) is 0 Å². The smallest absolute Gasteiger partial charge is 0.317 e. The molecular weight excluding hydrogens is 304 g/mol. The van der Waals surface area contributed by atoms with Crippen LogP contribution in [0.3, 0.4) is 0 Å². The second kappa shape index (κ2) is 8.57. The van der Waals surface area contributed by atoms with Crippen molar-refractivity contribution in [2.24, 2.45) is 0 Å². The molecule has 1 fully saturated rings. The van der Waals surface area contributed by atoms with E-state index in [9.17, 15) is 9.59 Å². The zero-order valence-corrected chi connectivity index (χ0v) is 14.9. The Kier molecular flexibility index (Phi) is 6.46. The van der Waals surface area contributed by atoms with Gasteiger partial charge in [0.2, 0.25) is 0 Å². The third-order valence-corrected chi connectivity index (χ3v) is 4.30. The Labute approximate surface area is 144 Å². The lowest BCUT2D eigenvalue weighted by molar-refractivity contribution is 0.0665. The summed E-state index contributed by atoms with van der Waals surface area (Å²) in [6.45, 7) is 7.98. The summed E-state index contributed by atoms with van der Waals surface area (Å²) < 4.78 is 0. The number of urea groups is 1. The van der Waals surface area contributed by atoms with Crippen LogP contribution in [0.15, 0.2) is 24.3 Å². The van der Waals surface area contributed by atoms with Crippen LogP contribution in [0.25, 0.3) is 0 Å². The molecule has 0 saturated carbocycles. The van der Waals surface area contributed by atoms with Gasteiger partial charge in [0.05, 0.1) is 0 Å². The van der Waals surface area contributed by atoms with Crippen molar-refractivity contribution in [3.8, 4) is 0 Å². The first-order valence-electron chi connectivity index (χ1n) is 8.70. The molecule has 24 heavy (non-hydrogen) atoms. The average molecular weight is 332 g/mol. The SMILES string of the molecule is CCCN(C)c1ccc(C(=O)N2CCN(C(=O)NCC)CC2)cc1. The second-order valence-corrected chi connectivity index (χ2v) is 6.08. The van der Waals surface area contributed by atoms with Gasteiger partial charge in [-0.1, -0.05) is 6.92 Å². The number of amides is 3. The standard InChI is InChI=1S/C18H28N4O2/c1-4-10-20(3)16-8-6-15(7-9-16)17(23)21-11-13-22(14-12-21)18(24)19-5-2/h6-9H,4-5,10-14H2,1-3H3,(H,19,24). The summed E-state index contributed by atoms with van der Waals surface area (Å²) in [4.78, 5) is 30.2. The van der Waals surface area contributed by atoms with Crippen LogP contribution in [0, 0.1) is 0 Å². The molecule has 0 bridgehead atoms. The minimum atomic E-state index is -0.0482. The van der Waals surface area contributed by atoms with Gasteiger partial charge >= 0.3 is 6.03 Å². The fourth-order valence-electron chi connectivity index (χ4n) is 2.88. The number of benzene rings is 1. The lowest BCUT2D eigenvalue weighted by Crippen LogP contribution is -2.53. The monoisotopic (exact) mass is 332 g/mol. The lowest BCUT2D eigenvalue weighted by Gasteiger charge is -2.34. The molecule has 0 spiro atoms. The molecule has 1 saturated heterocycles. The summed E-state index contributed by atoms with van der Waals surface area (Å²) in [7, 11) is 2.06. The molecule has 0 radical (unpaired) electrons. The Morgan fingerprint density at radius 1 is 1.04 bits per heavy atom. The number of piperazine rings is 1. The molecular formula is C18H28N4O2. The van der Waals surface area contributed by atoms with E-state index in [4.69, 9.17) is 0 Å². The Hall–Kier alpha value is -2.24. The Morgan fingerprint density at radius 3 is 2.17 bits per heavy atom. The Morgan fingerprint density at radius 2 is 1.62 bits per heavy atom. The number of nitrogens with one attached hydrogen (secondary N) is 1. The number of rotatable bonds is 5. The van der Waals surface area contributed by atoms with Gasteiger partial charge in [0.15, 0.2) is 0 Å². The molecule has 1 N–H and O–H groups in total. The molecule has 0 aliphatic carbocycles. The molecule has 1 aliphatic heterocycles. The van der Waals surface area contributed by atoms with Gasteiger partial charge in [-0.2, -0.15) is 0 Å². The average Bonchev–Trinajstić information content (AvgIpc) is 2.62. The summed E-state index contributed by atoms with van der Waals surface area (Å²) in [6, 6.07) is 7.72. The van der Waals surface area contributed by atoms with Crippen LogP contribution >= 0.6 is 0 Å². The van der Waals surface area contributed by atoms with Gasteiger partial charge in [0, 0.05) is 57.6 Å². The van der Waals surface area contributed by atoms with Crippen molar-refractivity contribution in [1.82, 2.24) is 15.1 Å². The predicted molar refractivity (Wildman–Crippen MR) is 96.6 cm³/mol. The third kappa shape index (κ3) is 4.40. The van der Waals surface area contributed by atoms with Crippen LogP contribution in [-0.4, -0.2) is 68.1 Å². The highest BCUT2D eigenvalue weighted by Crippen LogP contribution is 2.16. The fourth-order valence-corrected chi connectivity index (χ4v) is 2.88. The van der Waals surface area contributed by atoms with E-state index < -0.39 is 0 Å². The molecule has 0 unspecified atom stereocenters. The molecule has 0 atom stereocenters. The maximum atomic E-state index is 12.6. The highest BCUT2D eigenvalue weighted by Gasteiger charge is 2.24. The van der Waals surface area contributed by atoms with Crippen molar-refractivity contribution in [3.05, 3.63) is 29.8 Å². The summed E-state index contributed by atoms with van der Waals surface area (Å²) in [5.74, 6) is 0.0373. The molecule has 6 nitrogen and oxygen atoms in total. The minimum Gasteiger partial charge on any atom is -0.375 e. The first kappa shape index (κ1) is 18.1. The molecule has 1 aromatic carbocycles. The van der Waals surface area contributed by atoms with Crippen molar-refractivity contribution < 1.29 is 9.59 Å². The van der Waals surface area contributed by atoms with Gasteiger partial charge in [0.1, 0.15) is 0 Å². The van der Waals surface area contributed by atoms with Crippen molar-refractivity contribution in [2.45, 2.75) is 20.3 Å². The second-order valence-electron chi connectivity index (χ2n) is 6.08. The molecule has 0 aromatic heterocycles. The summed E-state index contributed by atoms with van der Waals surface area (Å²) >= 11 is 0. The van der Waals surface area contributed by atoms with E-state index in [2.05, 4.69) is 24.2 Å². The summed E-state index contributed by atoms with van der Waals surface area (Å²) in [6.07, 6.45) is 1.09. The predicted octanol–water partition coefficient (Wildman–Crippen LogP) is 2.02. The maximum Gasteiger partial charge on any atom is 0.317 e. The normalized spacial score (nSPS) is 14.5. The van der Waals surface area contributed by atoms with E-state index >= 15 is 0 Å². The Bertz CT molecular complexity index is 551.